The average Bonchev–Trinajstić information content (AvgIpc) is 2.57. The van der Waals surface area contributed by atoms with Crippen molar-refractivity contribution in [1.29, 1.82) is 0 Å². The van der Waals surface area contributed by atoms with Crippen LogP contribution in [0.15, 0.2) is 0 Å². The topological polar surface area (TPSA) is 66.0 Å². The molecule has 8 heteroatoms. The zero-order valence-electron chi connectivity index (χ0n) is 16.0. The molecule has 1 N–H and O–H groups in total. The zero-order valence-corrected chi connectivity index (χ0v) is 17.9. The number of alkyl carbamates (subject to hydrolysis) is 1. The fourth-order valence-electron chi connectivity index (χ4n) is 3.00. The lowest BCUT2D eigenvalue weighted by molar-refractivity contribution is 0.0972. The predicted octanol–water partition coefficient (Wildman–Crippen LogP) is 3.33. The van der Waals surface area contributed by atoms with E-state index >= 15 is 0 Å². The van der Waals surface area contributed by atoms with Crippen LogP contribution < -0.4 is 5.32 Å². The Hall–Kier alpha value is -0.203. The van der Waals surface area contributed by atoms with Gasteiger partial charge in [-0.2, -0.15) is 0 Å². The van der Waals surface area contributed by atoms with E-state index in [4.69, 9.17) is 18.0 Å². The molecule has 0 saturated heterocycles. The van der Waals surface area contributed by atoms with Crippen molar-refractivity contribution in [2.45, 2.75) is 52.5 Å². The van der Waals surface area contributed by atoms with Crippen LogP contribution in [0.1, 0.15) is 41.0 Å². The summed E-state index contributed by atoms with van der Waals surface area (Å²) in [5.74, 6) is -0.0521. The van der Waals surface area contributed by atoms with E-state index in [1.807, 2.05) is 13.8 Å². The van der Waals surface area contributed by atoms with Gasteiger partial charge in [0.15, 0.2) is 0 Å². The maximum atomic E-state index is 12.4. The second-order valence-electron chi connectivity index (χ2n) is 5.49. The standard InChI is InChI=1S/C15H34NO5PSi/c1-9-14(23(18-6,19-7)20-8)16-15(17)21-13(5)22(10-2,11-3)12-4/h13-14H,9-12H2,1-8H3/p+1. The summed E-state index contributed by atoms with van der Waals surface area (Å²) >= 11 is 0. The predicted molar refractivity (Wildman–Crippen MR) is 98.5 cm³/mol. The van der Waals surface area contributed by atoms with Crippen molar-refractivity contribution < 1.29 is 22.8 Å². The van der Waals surface area contributed by atoms with Crippen LogP contribution in [0.2, 0.25) is 0 Å². The van der Waals surface area contributed by atoms with Crippen LogP contribution in [-0.2, 0) is 18.0 Å². The third kappa shape index (κ3) is 5.39. The summed E-state index contributed by atoms with van der Waals surface area (Å²) < 4.78 is 22.1. The van der Waals surface area contributed by atoms with Crippen molar-refractivity contribution in [3.63, 3.8) is 0 Å². The number of hydrogen-bond acceptors (Lipinski definition) is 5. The molecule has 0 aliphatic heterocycles. The Morgan fingerprint density at radius 3 is 1.74 bits per heavy atom. The SMILES string of the molecule is CCC(NC(=O)OC(C)[P+](CC)(CC)CC)[Si](OC)(OC)OC. The quantitative estimate of drug-likeness (QED) is 0.448. The average molecular weight is 369 g/mol. The minimum absolute atomic E-state index is 0.0521. The molecule has 2 unspecified atom stereocenters. The Labute approximate surface area is 143 Å². The Bertz CT molecular complexity index is 334. The van der Waals surface area contributed by atoms with Crippen molar-refractivity contribution in [3.05, 3.63) is 0 Å². The lowest BCUT2D eigenvalue weighted by Crippen LogP contribution is -2.61. The molecular formula is C15H35NO5PSi+. The lowest BCUT2D eigenvalue weighted by Gasteiger charge is -2.33. The second kappa shape index (κ2) is 10.6. The van der Waals surface area contributed by atoms with Gasteiger partial charge in [-0.15, -0.1) is 0 Å². The lowest BCUT2D eigenvalue weighted by atomic mass is 10.5. The Morgan fingerprint density at radius 2 is 1.43 bits per heavy atom. The molecule has 0 aliphatic carbocycles. The van der Waals surface area contributed by atoms with E-state index in [0.717, 1.165) is 18.5 Å². The number of amides is 1. The molecular weight excluding hydrogens is 333 g/mol. The maximum absolute atomic E-state index is 12.4. The maximum Gasteiger partial charge on any atom is 0.523 e. The Kier molecular flexibility index (Phi) is 10.5. The van der Waals surface area contributed by atoms with E-state index in [-0.39, 0.29) is 11.5 Å². The summed E-state index contributed by atoms with van der Waals surface area (Å²) in [5.41, 5.74) is -0.334. The van der Waals surface area contributed by atoms with E-state index in [2.05, 4.69) is 26.1 Å². The highest BCUT2D eigenvalue weighted by Crippen LogP contribution is 2.62. The van der Waals surface area contributed by atoms with Crippen molar-refractivity contribution in [2.24, 2.45) is 0 Å². The molecule has 6 nitrogen and oxygen atoms in total. The molecule has 0 fully saturated rings. The van der Waals surface area contributed by atoms with E-state index in [0.29, 0.717) is 6.42 Å². The van der Waals surface area contributed by atoms with Crippen molar-refractivity contribution in [2.75, 3.05) is 39.8 Å². The molecule has 0 aromatic heterocycles. The zero-order chi connectivity index (χ0) is 18.1. The monoisotopic (exact) mass is 368 g/mol. The summed E-state index contributed by atoms with van der Waals surface area (Å²) in [4.78, 5) is 12.4. The first-order chi connectivity index (χ1) is 10.8. The molecule has 0 heterocycles. The van der Waals surface area contributed by atoms with Crippen LogP contribution >= 0.6 is 7.26 Å². The summed E-state index contributed by atoms with van der Waals surface area (Å²) in [6.45, 7) is 10.5. The minimum Gasteiger partial charge on any atom is -0.412 e. The fraction of sp³-hybridized carbons (Fsp3) is 0.933. The van der Waals surface area contributed by atoms with Crippen LogP contribution in [0, 0.1) is 0 Å². The molecule has 23 heavy (non-hydrogen) atoms. The third-order valence-corrected chi connectivity index (χ3v) is 13.5. The van der Waals surface area contributed by atoms with Crippen LogP contribution in [-0.4, -0.2) is 66.2 Å². The highest BCUT2D eigenvalue weighted by molar-refractivity contribution is 7.76. The van der Waals surface area contributed by atoms with Gasteiger partial charge >= 0.3 is 14.9 Å². The number of rotatable bonds is 11. The van der Waals surface area contributed by atoms with Crippen LogP contribution in [0.5, 0.6) is 0 Å². The van der Waals surface area contributed by atoms with E-state index < -0.39 is 22.2 Å². The van der Waals surface area contributed by atoms with Crippen molar-refractivity contribution in [3.8, 4) is 0 Å². The number of carbonyl (C=O) groups is 1. The van der Waals surface area contributed by atoms with Gasteiger partial charge in [0.2, 0.25) is 5.85 Å². The number of carbonyl (C=O) groups excluding carboxylic acids is 1. The third-order valence-electron chi connectivity index (χ3n) is 4.92. The van der Waals surface area contributed by atoms with E-state index in [1.54, 1.807) is 21.3 Å². The normalized spacial score (nSPS) is 15.1. The van der Waals surface area contributed by atoms with Gasteiger partial charge in [-0.3, -0.25) is 0 Å². The summed E-state index contributed by atoms with van der Waals surface area (Å²) in [5, 5.41) is 2.88. The minimum atomic E-state index is -2.93. The number of nitrogens with one attached hydrogen (secondary N) is 1. The molecule has 2 atom stereocenters. The van der Waals surface area contributed by atoms with Gasteiger partial charge in [0, 0.05) is 28.3 Å². The van der Waals surface area contributed by atoms with Crippen LogP contribution in [0.4, 0.5) is 4.79 Å². The van der Waals surface area contributed by atoms with Crippen molar-refractivity contribution >= 4 is 22.2 Å². The van der Waals surface area contributed by atoms with Gasteiger partial charge in [-0.05, 0) is 27.2 Å². The van der Waals surface area contributed by atoms with E-state index in [9.17, 15) is 4.79 Å². The number of ether oxygens (including phenoxy) is 1. The highest BCUT2D eigenvalue weighted by atomic mass is 31.2. The largest absolute Gasteiger partial charge is 0.523 e. The van der Waals surface area contributed by atoms with Gasteiger partial charge in [-0.1, -0.05) is 6.92 Å². The molecule has 0 saturated carbocycles. The first-order valence-electron chi connectivity index (χ1n) is 8.33. The van der Waals surface area contributed by atoms with Gasteiger partial charge in [-0.25, -0.2) is 4.79 Å². The first kappa shape index (κ1) is 22.8. The molecule has 0 bridgehead atoms. The molecule has 138 valence electrons. The molecule has 0 aromatic carbocycles. The van der Waals surface area contributed by atoms with Gasteiger partial charge in [0.1, 0.15) is 5.67 Å². The molecule has 0 rings (SSSR count). The van der Waals surface area contributed by atoms with Crippen molar-refractivity contribution in [1.82, 2.24) is 5.32 Å². The summed E-state index contributed by atoms with van der Waals surface area (Å²) in [6, 6.07) is 0. The molecule has 0 aromatic rings. The molecule has 0 aliphatic rings. The van der Waals surface area contributed by atoms with E-state index in [1.165, 1.54) is 0 Å². The van der Waals surface area contributed by atoms with Gasteiger partial charge in [0.05, 0.1) is 25.7 Å². The second-order valence-corrected chi connectivity index (χ2v) is 13.7. The fourth-order valence-corrected chi connectivity index (χ4v) is 8.35. The Morgan fingerprint density at radius 1 is 1.00 bits per heavy atom. The molecule has 0 spiro atoms. The smallest absolute Gasteiger partial charge is 0.412 e. The van der Waals surface area contributed by atoms with Gasteiger partial charge in [0.25, 0.3) is 0 Å². The Balaban J connectivity index is 4.98. The molecule has 1 amide bonds. The van der Waals surface area contributed by atoms with Crippen LogP contribution in [0.3, 0.4) is 0 Å². The summed E-state index contributed by atoms with van der Waals surface area (Å²) in [7, 11) is 0.426. The number of hydrogen-bond donors (Lipinski definition) is 1. The first-order valence-corrected chi connectivity index (χ1v) is 12.5. The van der Waals surface area contributed by atoms with Crippen LogP contribution in [0.25, 0.3) is 0 Å². The highest BCUT2D eigenvalue weighted by Gasteiger charge is 2.48. The molecule has 0 radical (unpaired) electrons. The van der Waals surface area contributed by atoms with Gasteiger partial charge < -0.3 is 23.3 Å². The summed E-state index contributed by atoms with van der Waals surface area (Å²) in [6.07, 6.45) is 3.46.